The normalized spacial score (nSPS) is 10.9. The third kappa shape index (κ3) is 6.24. The lowest BCUT2D eigenvalue weighted by atomic mass is 10.1. The molecule has 0 aliphatic heterocycles. The van der Waals surface area contributed by atoms with Gasteiger partial charge in [0.15, 0.2) is 0 Å². The third-order valence-corrected chi connectivity index (χ3v) is 3.53. The molecule has 138 valence electrons. The van der Waals surface area contributed by atoms with Crippen LogP contribution < -0.4 is 15.4 Å². The Balaban J connectivity index is 1.99. The summed E-state index contributed by atoms with van der Waals surface area (Å²) >= 11 is 0. The van der Waals surface area contributed by atoms with E-state index in [1.54, 1.807) is 18.2 Å². The summed E-state index contributed by atoms with van der Waals surface area (Å²) in [6.07, 6.45) is 0. The molecule has 0 aromatic heterocycles. The summed E-state index contributed by atoms with van der Waals surface area (Å²) in [4.78, 5) is 24.3. The first-order valence-electron chi connectivity index (χ1n) is 8.61. The van der Waals surface area contributed by atoms with Crippen molar-refractivity contribution < 1.29 is 14.3 Å². The van der Waals surface area contributed by atoms with Gasteiger partial charge in [0.1, 0.15) is 12.4 Å². The van der Waals surface area contributed by atoms with Gasteiger partial charge in [0.25, 0.3) is 5.91 Å². The number of rotatable bonds is 6. The second-order valence-corrected chi connectivity index (χ2v) is 7.25. The molecule has 0 fully saturated rings. The molecule has 5 nitrogen and oxygen atoms in total. The summed E-state index contributed by atoms with van der Waals surface area (Å²) in [6, 6.07) is 15.0. The van der Waals surface area contributed by atoms with Crippen LogP contribution >= 0.6 is 0 Å². The Morgan fingerprint density at radius 3 is 2.46 bits per heavy atom. The molecule has 2 N–H and O–H groups in total. The largest absolute Gasteiger partial charge is 0.488 e. The minimum Gasteiger partial charge on any atom is -0.488 e. The number of hydrogen-bond donors (Lipinski definition) is 2. The van der Waals surface area contributed by atoms with E-state index in [4.69, 9.17) is 4.74 Å². The smallest absolute Gasteiger partial charge is 0.255 e. The minimum atomic E-state index is -0.339. The number of hydrogen-bond acceptors (Lipinski definition) is 3. The molecule has 26 heavy (non-hydrogen) atoms. The molecule has 2 aromatic carbocycles. The number of carbonyl (C=O) groups is 2. The number of carbonyl (C=O) groups excluding carboxylic acids is 2. The van der Waals surface area contributed by atoms with Crippen molar-refractivity contribution in [1.82, 2.24) is 10.6 Å². The maximum atomic E-state index is 12.4. The van der Waals surface area contributed by atoms with Crippen LogP contribution in [-0.4, -0.2) is 23.9 Å². The summed E-state index contributed by atoms with van der Waals surface area (Å²) in [6.45, 7) is 7.98. The Morgan fingerprint density at radius 2 is 1.77 bits per heavy atom. The molecule has 2 rings (SSSR count). The lowest BCUT2D eigenvalue weighted by molar-refractivity contribution is -0.121. The van der Waals surface area contributed by atoms with Crippen molar-refractivity contribution in [2.75, 3.05) is 6.54 Å². The standard InChI is InChI=1S/C21H26N2O3/c1-15-8-7-9-16(12-15)14-26-18-11-6-5-10-17(18)20(25)22-13-19(24)23-21(2,3)4/h5-12H,13-14H2,1-4H3,(H,22,25)(H,23,24). The number of para-hydroxylation sites is 1. The monoisotopic (exact) mass is 354 g/mol. The van der Waals surface area contributed by atoms with Gasteiger partial charge in [-0.25, -0.2) is 0 Å². The number of ether oxygens (including phenoxy) is 1. The Kier molecular flexibility index (Phi) is 6.39. The highest BCUT2D eigenvalue weighted by Crippen LogP contribution is 2.19. The minimum absolute atomic E-state index is 0.0810. The number of nitrogens with one attached hydrogen (secondary N) is 2. The van der Waals surface area contributed by atoms with E-state index < -0.39 is 0 Å². The van der Waals surface area contributed by atoms with E-state index in [9.17, 15) is 9.59 Å². The summed E-state index contributed by atoms with van der Waals surface area (Å²) in [5, 5.41) is 5.45. The molecule has 0 atom stereocenters. The summed E-state index contributed by atoms with van der Waals surface area (Å²) < 4.78 is 5.83. The Labute approximate surface area is 154 Å². The number of benzene rings is 2. The molecule has 0 bridgehead atoms. The first-order chi connectivity index (χ1) is 12.2. The van der Waals surface area contributed by atoms with E-state index in [2.05, 4.69) is 10.6 Å². The van der Waals surface area contributed by atoms with E-state index in [-0.39, 0.29) is 23.9 Å². The van der Waals surface area contributed by atoms with Crippen LogP contribution in [0.1, 0.15) is 42.3 Å². The molecule has 2 aromatic rings. The van der Waals surface area contributed by atoms with E-state index in [1.807, 2.05) is 58.0 Å². The van der Waals surface area contributed by atoms with Crippen LogP contribution in [0.4, 0.5) is 0 Å². The Hall–Kier alpha value is -2.82. The van der Waals surface area contributed by atoms with E-state index >= 15 is 0 Å². The van der Waals surface area contributed by atoms with Crippen molar-refractivity contribution in [1.29, 1.82) is 0 Å². The van der Waals surface area contributed by atoms with Crippen molar-refractivity contribution >= 4 is 11.8 Å². The lowest BCUT2D eigenvalue weighted by Crippen LogP contribution is -2.45. The second-order valence-electron chi connectivity index (χ2n) is 7.25. The Bertz CT molecular complexity index is 779. The molecule has 0 saturated heterocycles. The maximum Gasteiger partial charge on any atom is 0.255 e. The van der Waals surface area contributed by atoms with Gasteiger partial charge in [-0.1, -0.05) is 42.0 Å². The second kappa shape index (κ2) is 8.52. The molecule has 0 unspecified atom stereocenters. The van der Waals surface area contributed by atoms with E-state index in [1.165, 1.54) is 0 Å². The maximum absolute atomic E-state index is 12.4. The molecule has 0 heterocycles. The fourth-order valence-corrected chi connectivity index (χ4v) is 2.46. The van der Waals surface area contributed by atoms with Crippen LogP contribution in [0, 0.1) is 6.92 Å². The molecule has 2 amide bonds. The van der Waals surface area contributed by atoms with Gasteiger partial charge in [0.2, 0.25) is 5.91 Å². The lowest BCUT2D eigenvalue weighted by Gasteiger charge is -2.20. The van der Waals surface area contributed by atoms with Crippen LogP contribution in [-0.2, 0) is 11.4 Å². The predicted octanol–water partition coefficient (Wildman–Crippen LogP) is 3.22. The van der Waals surface area contributed by atoms with Gasteiger partial charge in [-0.3, -0.25) is 9.59 Å². The molecule has 0 radical (unpaired) electrons. The summed E-state index contributed by atoms with van der Waals surface area (Å²) in [7, 11) is 0. The SMILES string of the molecule is Cc1cccc(COc2ccccc2C(=O)NCC(=O)NC(C)(C)C)c1. The Morgan fingerprint density at radius 1 is 1.04 bits per heavy atom. The fraction of sp³-hybridized carbons (Fsp3) is 0.333. The molecular formula is C21H26N2O3. The number of amides is 2. The molecule has 0 spiro atoms. The van der Waals surface area contributed by atoms with Crippen LogP contribution in [0.15, 0.2) is 48.5 Å². The van der Waals surface area contributed by atoms with Crippen LogP contribution in [0.25, 0.3) is 0 Å². The van der Waals surface area contributed by atoms with Crippen molar-refractivity contribution in [2.45, 2.75) is 39.8 Å². The average Bonchev–Trinajstić information content (AvgIpc) is 2.57. The van der Waals surface area contributed by atoms with Gasteiger partial charge < -0.3 is 15.4 Å². The molecule has 0 aliphatic rings. The fourth-order valence-electron chi connectivity index (χ4n) is 2.46. The van der Waals surface area contributed by atoms with Gasteiger partial charge >= 0.3 is 0 Å². The van der Waals surface area contributed by atoms with Crippen LogP contribution in [0.3, 0.4) is 0 Å². The molecule has 0 aliphatic carbocycles. The average molecular weight is 354 g/mol. The van der Waals surface area contributed by atoms with Gasteiger partial charge in [0.05, 0.1) is 12.1 Å². The van der Waals surface area contributed by atoms with Crippen molar-refractivity contribution in [3.05, 3.63) is 65.2 Å². The highest BCUT2D eigenvalue weighted by atomic mass is 16.5. The molecule has 5 heteroatoms. The molecular weight excluding hydrogens is 328 g/mol. The van der Waals surface area contributed by atoms with Gasteiger partial charge in [-0.05, 0) is 45.4 Å². The van der Waals surface area contributed by atoms with Crippen molar-refractivity contribution in [3.63, 3.8) is 0 Å². The summed E-state index contributed by atoms with van der Waals surface area (Å²) in [5.41, 5.74) is 2.26. The van der Waals surface area contributed by atoms with Crippen molar-refractivity contribution in [2.24, 2.45) is 0 Å². The van der Waals surface area contributed by atoms with Gasteiger partial charge in [-0.15, -0.1) is 0 Å². The third-order valence-electron chi connectivity index (χ3n) is 3.53. The summed E-state index contributed by atoms with van der Waals surface area (Å²) in [5.74, 6) is -0.0827. The topological polar surface area (TPSA) is 67.4 Å². The van der Waals surface area contributed by atoms with E-state index in [0.717, 1.165) is 11.1 Å². The van der Waals surface area contributed by atoms with Gasteiger partial charge in [0, 0.05) is 5.54 Å². The zero-order valence-corrected chi connectivity index (χ0v) is 15.8. The van der Waals surface area contributed by atoms with E-state index in [0.29, 0.717) is 17.9 Å². The predicted molar refractivity (Wildman–Crippen MR) is 102 cm³/mol. The first kappa shape index (κ1) is 19.5. The van der Waals surface area contributed by atoms with Crippen LogP contribution in [0.2, 0.25) is 0 Å². The zero-order valence-electron chi connectivity index (χ0n) is 15.8. The van der Waals surface area contributed by atoms with Crippen LogP contribution in [0.5, 0.6) is 5.75 Å². The first-order valence-corrected chi connectivity index (χ1v) is 8.61. The zero-order chi connectivity index (χ0) is 19.2. The molecule has 0 saturated carbocycles. The van der Waals surface area contributed by atoms with Crippen molar-refractivity contribution in [3.8, 4) is 5.75 Å². The highest BCUT2D eigenvalue weighted by molar-refractivity contribution is 5.98. The van der Waals surface area contributed by atoms with Gasteiger partial charge in [-0.2, -0.15) is 0 Å². The number of aryl methyl sites for hydroxylation is 1. The highest BCUT2D eigenvalue weighted by Gasteiger charge is 2.16. The quantitative estimate of drug-likeness (QED) is 0.837.